The Bertz CT molecular complexity index is 387. The summed E-state index contributed by atoms with van der Waals surface area (Å²) in [5.41, 5.74) is 0. The molecule has 27 heavy (non-hydrogen) atoms. The minimum absolute atomic E-state index is 0. The first-order valence-corrected chi connectivity index (χ1v) is 10.2. The molecule has 8 heteroatoms. The minimum atomic E-state index is 0. The van der Waals surface area contributed by atoms with Crippen molar-refractivity contribution in [3.63, 3.8) is 0 Å². The number of methoxy groups -OCH3 is 1. The lowest BCUT2D eigenvalue weighted by molar-refractivity contribution is -0.0721. The summed E-state index contributed by atoms with van der Waals surface area (Å²) in [4.78, 5) is 7.01. The maximum atomic E-state index is 6.10. The third-order valence-electron chi connectivity index (χ3n) is 4.80. The average molecular weight is 499 g/mol. The van der Waals surface area contributed by atoms with Gasteiger partial charge in [-0.15, -0.1) is 24.0 Å². The Morgan fingerprint density at radius 3 is 2.63 bits per heavy atom. The van der Waals surface area contributed by atoms with Crippen LogP contribution in [0, 0.1) is 0 Å². The molecule has 0 aromatic heterocycles. The van der Waals surface area contributed by atoms with Crippen LogP contribution >= 0.6 is 24.0 Å². The molecular weight excluding hydrogens is 461 g/mol. The quantitative estimate of drug-likeness (QED) is 0.216. The molecule has 0 amide bonds. The van der Waals surface area contributed by atoms with E-state index < -0.39 is 0 Å². The van der Waals surface area contributed by atoms with Gasteiger partial charge in [0.25, 0.3) is 0 Å². The third kappa shape index (κ3) is 10.3. The molecule has 0 spiro atoms. The summed E-state index contributed by atoms with van der Waals surface area (Å²) in [6.07, 6.45) is 6.34. The van der Waals surface area contributed by atoms with E-state index >= 15 is 0 Å². The van der Waals surface area contributed by atoms with Crippen molar-refractivity contribution in [1.29, 1.82) is 0 Å². The number of guanidine groups is 1. The molecule has 2 aliphatic rings. The Hall–Kier alpha value is -0.160. The maximum absolute atomic E-state index is 6.10. The van der Waals surface area contributed by atoms with Gasteiger partial charge in [-0.3, -0.25) is 4.99 Å². The molecule has 0 aromatic carbocycles. The Kier molecular flexibility index (Phi) is 14.5. The van der Waals surface area contributed by atoms with Crippen molar-refractivity contribution < 1.29 is 18.9 Å². The van der Waals surface area contributed by atoms with Crippen molar-refractivity contribution in [2.75, 3.05) is 66.3 Å². The zero-order valence-electron chi connectivity index (χ0n) is 17.0. The van der Waals surface area contributed by atoms with Gasteiger partial charge < -0.3 is 29.2 Å². The van der Waals surface area contributed by atoms with E-state index in [1.165, 1.54) is 12.8 Å². The van der Waals surface area contributed by atoms with E-state index in [2.05, 4.69) is 22.1 Å². The molecule has 2 heterocycles. The van der Waals surface area contributed by atoms with E-state index in [0.29, 0.717) is 38.6 Å². The largest absolute Gasteiger partial charge is 0.382 e. The van der Waals surface area contributed by atoms with E-state index in [0.717, 1.165) is 58.1 Å². The second kappa shape index (κ2) is 15.7. The fourth-order valence-electron chi connectivity index (χ4n) is 3.30. The molecule has 2 aliphatic heterocycles. The molecule has 0 radical (unpaired) electrons. The molecule has 0 bridgehead atoms. The Morgan fingerprint density at radius 1 is 1.15 bits per heavy atom. The minimum Gasteiger partial charge on any atom is -0.382 e. The lowest BCUT2D eigenvalue weighted by Gasteiger charge is -2.35. The Labute approximate surface area is 181 Å². The molecule has 0 saturated carbocycles. The monoisotopic (exact) mass is 499 g/mol. The summed E-state index contributed by atoms with van der Waals surface area (Å²) in [6, 6.07) is 0. The van der Waals surface area contributed by atoms with Crippen LogP contribution in [0.2, 0.25) is 0 Å². The van der Waals surface area contributed by atoms with Crippen molar-refractivity contribution in [3.05, 3.63) is 0 Å². The van der Waals surface area contributed by atoms with Crippen molar-refractivity contribution in [2.45, 2.75) is 51.2 Å². The van der Waals surface area contributed by atoms with Gasteiger partial charge >= 0.3 is 0 Å². The number of likely N-dealkylation sites (tertiary alicyclic amines) is 1. The normalized spacial score (nSPS) is 21.8. The number of nitrogens with one attached hydrogen (secondary N) is 1. The highest BCUT2D eigenvalue weighted by Gasteiger charge is 2.23. The van der Waals surface area contributed by atoms with Crippen molar-refractivity contribution in [3.8, 4) is 0 Å². The summed E-state index contributed by atoms with van der Waals surface area (Å²) in [7, 11) is 1.68. The first-order chi connectivity index (χ1) is 12.8. The van der Waals surface area contributed by atoms with E-state index in [9.17, 15) is 0 Å². The molecule has 2 fully saturated rings. The van der Waals surface area contributed by atoms with Crippen LogP contribution in [0.4, 0.5) is 0 Å². The van der Waals surface area contributed by atoms with Crippen LogP contribution in [0.3, 0.4) is 0 Å². The summed E-state index contributed by atoms with van der Waals surface area (Å²) >= 11 is 0. The maximum Gasteiger partial charge on any atom is 0.193 e. The van der Waals surface area contributed by atoms with Crippen LogP contribution in [-0.2, 0) is 18.9 Å². The molecule has 0 aliphatic carbocycles. The fourth-order valence-corrected chi connectivity index (χ4v) is 3.30. The molecule has 160 valence electrons. The second-order valence-electron chi connectivity index (χ2n) is 6.85. The number of hydrogen-bond acceptors (Lipinski definition) is 5. The fraction of sp³-hybridized carbons (Fsp3) is 0.947. The molecular formula is C19H38IN3O4. The number of hydrogen-bond donors (Lipinski definition) is 1. The van der Waals surface area contributed by atoms with Crippen LogP contribution in [0.1, 0.15) is 39.0 Å². The second-order valence-corrected chi connectivity index (χ2v) is 6.85. The first kappa shape index (κ1) is 24.9. The van der Waals surface area contributed by atoms with Crippen molar-refractivity contribution in [1.82, 2.24) is 10.2 Å². The average Bonchev–Trinajstić information content (AvgIpc) is 2.69. The number of nitrogens with zero attached hydrogens (tertiary/aromatic N) is 2. The topological polar surface area (TPSA) is 64.6 Å². The van der Waals surface area contributed by atoms with Crippen molar-refractivity contribution >= 4 is 29.9 Å². The van der Waals surface area contributed by atoms with Gasteiger partial charge in [-0.1, -0.05) is 0 Å². The van der Waals surface area contributed by atoms with E-state index in [4.69, 9.17) is 18.9 Å². The molecule has 1 unspecified atom stereocenters. The highest BCUT2D eigenvalue weighted by molar-refractivity contribution is 14.0. The number of halogens is 1. The number of rotatable bonds is 10. The summed E-state index contributed by atoms with van der Waals surface area (Å²) in [5, 5.41) is 3.39. The van der Waals surface area contributed by atoms with E-state index in [1.807, 2.05) is 0 Å². The summed E-state index contributed by atoms with van der Waals surface area (Å²) in [6.45, 7) is 9.12. The van der Waals surface area contributed by atoms with Gasteiger partial charge in [0.15, 0.2) is 5.96 Å². The zero-order valence-corrected chi connectivity index (χ0v) is 19.3. The molecule has 7 nitrogen and oxygen atoms in total. The SMILES string of the molecule is CCNC(=NCCOCCOC)N1CCC(OCC2CCCCO2)CC1.I. The van der Waals surface area contributed by atoms with Crippen LogP contribution in [0.15, 0.2) is 4.99 Å². The van der Waals surface area contributed by atoms with Crippen LogP contribution < -0.4 is 5.32 Å². The lowest BCUT2D eigenvalue weighted by atomic mass is 10.1. The smallest absolute Gasteiger partial charge is 0.193 e. The molecule has 2 saturated heterocycles. The van der Waals surface area contributed by atoms with E-state index in [-0.39, 0.29) is 24.0 Å². The van der Waals surface area contributed by atoms with Gasteiger partial charge in [-0.05, 0) is 39.0 Å². The molecule has 0 aromatic rings. The summed E-state index contributed by atoms with van der Waals surface area (Å²) < 4.78 is 22.3. The predicted molar refractivity (Wildman–Crippen MR) is 118 cm³/mol. The summed E-state index contributed by atoms with van der Waals surface area (Å²) in [5.74, 6) is 0.983. The number of aliphatic imine (C=N–C) groups is 1. The van der Waals surface area contributed by atoms with Crippen LogP contribution in [0.25, 0.3) is 0 Å². The lowest BCUT2D eigenvalue weighted by Crippen LogP contribution is -2.47. The highest BCUT2D eigenvalue weighted by atomic mass is 127. The predicted octanol–water partition coefficient (Wildman–Crippen LogP) is 2.28. The van der Waals surface area contributed by atoms with Crippen LogP contribution in [-0.4, -0.2) is 89.4 Å². The van der Waals surface area contributed by atoms with Gasteiger partial charge in [0.05, 0.1) is 45.2 Å². The first-order valence-electron chi connectivity index (χ1n) is 10.2. The standard InChI is InChI=1S/C19H37N3O4.HI/c1-3-20-19(21-9-13-24-15-14-23-2)22-10-7-17(8-11-22)26-16-18-6-4-5-12-25-18;/h17-18H,3-16H2,1-2H3,(H,20,21);1H. The molecule has 1 N–H and O–H groups in total. The van der Waals surface area contributed by atoms with Gasteiger partial charge in [-0.2, -0.15) is 0 Å². The Balaban J connectivity index is 0.00000364. The van der Waals surface area contributed by atoms with Gasteiger partial charge in [-0.25, -0.2) is 0 Å². The molecule has 1 atom stereocenters. The molecule has 2 rings (SSSR count). The van der Waals surface area contributed by atoms with Gasteiger partial charge in [0.2, 0.25) is 0 Å². The third-order valence-corrected chi connectivity index (χ3v) is 4.80. The van der Waals surface area contributed by atoms with Crippen molar-refractivity contribution in [2.24, 2.45) is 4.99 Å². The Morgan fingerprint density at radius 2 is 1.96 bits per heavy atom. The van der Waals surface area contributed by atoms with Gasteiger partial charge in [0, 0.05) is 33.4 Å². The van der Waals surface area contributed by atoms with E-state index in [1.54, 1.807) is 7.11 Å². The zero-order chi connectivity index (χ0) is 18.5. The number of piperidine rings is 1. The highest BCUT2D eigenvalue weighted by Crippen LogP contribution is 2.17. The number of ether oxygens (including phenoxy) is 4. The van der Waals surface area contributed by atoms with Gasteiger partial charge in [0.1, 0.15) is 0 Å². The van der Waals surface area contributed by atoms with Crippen LogP contribution in [0.5, 0.6) is 0 Å².